The van der Waals surface area contributed by atoms with Gasteiger partial charge in [0.15, 0.2) is 6.10 Å². The molecule has 3 aliphatic rings. The van der Waals surface area contributed by atoms with Gasteiger partial charge in [-0.15, -0.1) is 0 Å². The summed E-state index contributed by atoms with van der Waals surface area (Å²) in [6.45, 7) is 3.58. The zero-order chi connectivity index (χ0) is 32.0. The third-order valence-electron chi connectivity index (χ3n) is 8.00. The number of rotatable bonds is 12. The minimum atomic E-state index is -0.662. The van der Waals surface area contributed by atoms with Gasteiger partial charge in [-0.2, -0.15) is 0 Å². The number of hydrogen-bond donors (Lipinski definition) is 2. The number of piperazine rings is 1. The zero-order valence-corrected chi connectivity index (χ0v) is 25.8. The highest BCUT2D eigenvalue weighted by Gasteiger charge is 2.29. The standard InChI is InChI=1S/C32H34ClFN6O6/c33-23-14-21(5-6-24(23)34)37-31-22-15-26(28(45-17-20-3-4-20)16-25(22)35-19-36-31)38-29(41)2-1-8-39-9-11-40(12-10-39)30(42)18-46-27-7-13-44-32(27)43/h1-2,5-6,14-16,19-20,27H,3-4,7-13,17-18H2,(H,38,41)(H,35,36,37). The lowest BCUT2D eigenvalue weighted by Crippen LogP contribution is -2.49. The SMILES string of the molecule is O=C(C=CCN1CCN(C(=O)COC2CCOC2=O)CC1)Nc1cc2c(Nc3ccc(F)c(Cl)c3)ncnc2cc1OCC1CC1. The van der Waals surface area contributed by atoms with Gasteiger partial charge in [0.1, 0.15) is 30.3 Å². The highest BCUT2D eigenvalue weighted by Crippen LogP contribution is 2.36. The van der Waals surface area contributed by atoms with Crippen molar-refractivity contribution in [2.45, 2.75) is 25.4 Å². The molecule has 0 bridgehead atoms. The van der Waals surface area contributed by atoms with Crippen molar-refractivity contribution in [1.29, 1.82) is 0 Å². The van der Waals surface area contributed by atoms with Crippen LogP contribution in [0.3, 0.4) is 0 Å². The number of ether oxygens (including phenoxy) is 3. The van der Waals surface area contributed by atoms with E-state index in [1.807, 2.05) is 0 Å². The summed E-state index contributed by atoms with van der Waals surface area (Å²) in [6.07, 6.45) is 6.70. The van der Waals surface area contributed by atoms with Crippen LogP contribution in [0, 0.1) is 11.7 Å². The predicted octanol–water partition coefficient (Wildman–Crippen LogP) is 3.93. The van der Waals surface area contributed by atoms with E-state index >= 15 is 0 Å². The summed E-state index contributed by atoms with van der Waals surface area (Å²) in [5.41, 5.74) is 1.62. The van der Waals surface area contributed by atoms with Gasteiger partial charge in [0.2, 0.25) is 11.8 Å². The Bertz CT molecular complexity index is 1640. The van der Waals surface area contributed by atoms with Gasteiger partial charge in [0.05, 0.1) is 29.4 Å². The van der Waals surface area contributed by atoms with Crippen LogP contribution in [0.1, 0.15) is 19.3 Å². The minimum absolute atomic E-state index is 0.0203. The van der Waals surface area contributed by atoms with Crippen LogP contribution >= 0.6 is 11.6 Å². The van der Waals surface area contributed by atoms with Crippen LogP contribution < -0.4 is 15.4 Å². The maximum atomic E-state index is 13.7. The Morgan fingerprint density at radius 1 is 1.11 bits per heavy atom. The summed E-state index contributed by atoms with van der Waals surface area (Å²) in [4.78, 5) is 49.6. The first kappa shape index (κ1) is 31.6. The first-order valence-electron chi connectivity index (χ1n) is 15.2. The summed E-state index contributed by atoms with van der Waals surface area (Å²) in [6, 6.07) is 7.81. The Labute approximate surface area is 269 Å². The molecule has 2 saturated heterocycles. The number of carbonyl (C=O) groups excluding carboxylic acids is 3. The number of hydrogen-bond acceptors (Lipinski definition) is 10. The van der Waals surface area contributed by atoms with Crippen LogP contribution in [0.15, 0.2) is 48.8 Å². The molecule has 0 spiro atoms. The Kier molecular flexibility index (Phi) is 9.91. The van der Waals surface area contributed by atoms with Gasteiger partial charge in [-0.3, -0.25) is 14.5 Å². The van der Waals surface area contributed by atoms with E-state index in [1.165, 1.54) is 24.5 Å². The smallest absolute Gasteiger partial charge is 0.335 e. The molecule has 2 amide bonds. The van der Waals surface area contributed by atoms with Crippen LogP contribution in [-0.2, 0) is 23.9 Å². The molecular formula is C32H34ClFN6O6. The average Bonchev–Trinajstić information content (AvgIpc) is 3.79. The maximum Gasteiger partial charge on any atom is 0.335 e. The minimum Gasteiger partial charge on any atom is -0.491 e. The van der Waals surface area contributed by atoms with Crippen molar-refractivity contribution >= 4 is 57.5 Å². The van der Waals surface area contributed by atoms with E-state index in [0.717, 1.165) is 12.8 Å². The first-order valence-corrected chi connectivity index (χ1v) is 15.6. The predicted molar refractivity (Wildman–Crippen MR) is 169 cm³/mol. The molecule has 2 aromatic carbocycles. The molecular weight excluding hydrogens is 619 g/mol. The number of esters is 1. The molecule has 1 unspecified atom stereocenters. The van der Waals surface area contributed by atoms with Gasteiger partial charge < -0.3 is 29.7 Å². The van der Waals surface area contributed by atoms with Gasteiger partial charge >= 0.3 is 5.97 Å². The molecule has 3 aromatic rings. The molecule has 2 aliphatic heterocycles. The normalized spacial score (nSPS) is 18.6. The van der Waals surface area contributed by atoms with Crippen molar-refractivity contribution < 1.29 is 33.0 Å². The Hall–Kier alpha value is -4.33. The molecule has 0 radical (unpaired) electrons. The van der Waals surface area contributed by atoms with Gasteiger partial charge in [-0.1, -0.05) is 17.7 Å². The Balaban J connectivity index is 1.06. The summed E-state index contributed by atoms with van der Waals surface area (Å²) in [5, 5.41) is 6.69. The molecule has 1 aliphatic carbocycles. The molecule has 3 heterocycles. The molecule has 1 saturated carbocycles. The lowest BCUT2D eigenvalue weighted by atomic mass is 10.1. The molecule has 2 N–H and O–H groups in total. The highest BCUT2D eigenvalue weighted by molar-refractivity contribution is 6.31. The fraction of sp³-hybridized carbons (Fsp3) is 0.406. The monoisotopic (exact) mass is 652 g/mol. The highest BCUT2D eigenvalue weighted by atomic mass is 35.5. The number of anilines is 3. The summed E-state index contributed by atoms with van der Waals surface area (Å²) < 4.78 is 30.1. The van der Waals surface area contributed by atoms with Crippen LogP contribution in [0.4, 0.5) is 21.6 Å². The molecule has 1 aromatic heterocycles. The number of nitrogens with zero attached hydrogens (tertiary/aromatic N) is 4. The van der Waals surface area contributed by atoms with Crippen LogP contribution in [0.2, 0.25) is 5.02 Å². The van der Waals surface area contributed by atoms with E-state index in [-0.39, 0.29) is 23.4 Å². The fourth-order valence-corrected chi connectivity index (χ4v) is 5.34. The van der Waals surface area contributed by atoms with Gasteiger partial charge in [0, 0.05) is 62.4 Å². The lowest BCUT2D eigenvalue weighted by molar-refractivity contribution is -0.151. The van der Waals surface area contributed by atoms with Crippen molar-refractivity contribution in [3.8, 4) is 5.75 Å². The molecule has 12 nitrogen and oxygen atoms in total. The molecule has 1 atom stereocenters. The molecule has 6 rings (SSSR count). The van der Waals surface area contributed by atoms with E-state index in [1.54, 1.807) is 29.2 Å². The van der Waals surface area contributed by atoms with Crippen LogP contribution in [0.5, 0.6) is 5.75 Å². The third kappa shape index (κ3) is 8.08. The molecule has 3 fully saturated rings. The molecule has 46 heavy (non-hydrogen) atoms. The summed E-state index contributed by atoms with van der Waals surface area (Å²) in [7, 11) is 0. The number of aromatic nitrogens is 2. The number of carbonyl (C=O) groups is 3. The number of nitrogens with one attached hydrogen (secondary N) is 2. The van der Waals surface area contributed by atoms with Crippen molar-refractivity contribution in [2.24, 2.45) is 5.92 Å². The van der Waals surface area contributed by atoms with Crippen LogP contribution in [-0.4, -0.2) is 96.2 Å². The summed E-state index contributed by atoms with van der Waals surface area (Å²) >= 11 is 5.96. The van der Waals surface area contributed by atoms with E-state index in [0.29, 0.717) is 92.1 Å². The fourth-order valence-electron chi connectivity index (χ4n) is 5.16. The number of benzene rings is 2. The topological polar surface area (TPSA) is 135 Å². The van der Waals surface area contributed by atoms with Crippen molar-refractivity contribution in [3.05, 3.63) is 59.7 Å². The van der Waals surface area contributed by atoms with E-state index in [9.17, 15) is 18.8 Å². The largest absolute Gasteiger partial charge is 0.491 e. The van der Waals surface area contributed by atoms with Crippen LogP contribution in [0.25, 0.3) is 10.9 Å². The average molecular weight is 653 g/mol. The Morgan fingerprint density at radius 2 is 1.93 bits per heavy atom. The second-order valence-electron chi connectivity index (χ2n) is 11.4. The maximum absolute atomic E-state index is 13.7. The van der Waals surface area contributed by atoms with E-state index in [2.05, 4.69) is 25.5 Å². The van der Waals surface area contributed by atoms with Crippen molar-refractivity contribution in [2.75, 3.05) is 63.2 Å². The van der Waals surface area contributed by atoms with Crippen molar-refractivity contribution in [1.82, 2.24) is 19.8 Å². The molecule has 242 valence electrons. The number of cyclic esters (lactones) is 1. The molecule has 14 heteroatoms. The number of fused-ring (bicyclic) bond motifs is 1. The Morgan fingerprint density at radius 3 is 2.67 bits per heavy atom. The van der Waals surface area contributed by atoms with E-state index < -0.39 is 17.9 Å². The number of amides is 2. The van der Waals surface area contributed by atoms with E-state index in [4.69, 9.17) is 25.8 Å². The van der Waals surface area contributed by atoms with Gasteiger partial charge in [-0.05, 0) is 43.0 Å². The second kappa shape index (κ2) is 14.4. The van der Waals surface area contributed by atoms with Gasteiger partial charge in [0.25, 0.3) is 0 Å². The first-order chi connectivity index (χ1) is 22.3. The lowest BCUT2D eigenvalue weighted by Gasteiger charge is -2.34. The summed E-state index contributed by atoms with van der Waals surface area (Å²) in [5.74, 6) is 0.0310. The quantitative estimate of drug-likeness (QED) is 0.219. The second-order valence-corrected chi connectivity index (χ2v) is 11.8. The van der Waals surface area contributed by atoms with Crippen molar-refractivity contribution in [3.63, 3.8) is 0 Å². The third-order valence-corrected chi connectivity index (χ3v) is 8.29. The zero-order valence-electron chi connectivity index (χ0n) is 25.0. The number of halogens is 2. The van der Waals surface area contributed by atoms with Gasteiger partial charge in [-0.25, -0.2) is 19.2 Å².